The third-order valence-corrected chi connectivity index (χ3v) is 3.67. The molecular formula is C16H25NO2. The third kappa shape index (κ3) is 4.84. The molecule has 0 saturated carbocycles. The predicted molar refractivity (Wildman–Crippen MR) is 77.6 cm³/mol. The zero-order valence-electron chi connectivity index (χ0n) is 11.8. The van der Waals surface area contributed by atoms with Crippen LogP contribution in [0.25, 0.3) is 0 Å². The van der Waals surface area contributed by atoms with Crippen LogP contribution in [0.1, 0.15) is 31.7 Å². The molecule has 1 aliphatic rings. The standard InChI is InChI=1S/C16H25NO2/c1-2-14-6-3-8-16(12-14)19-11-5-10-17-9-4-7-15(18)13-17/h3,6,8,12,15,18H,2,4-5,7,9-11,13H2,1H3. The Morgan fingerprint density at radius 3 is 3.11 bits per heavy atom. The van der Waals surface area contributed by atoms with Crippen LogP contribution in [0.3, 0.4) is 0 Å². The molecule has 106 valence electrons. The zero-order valence-corrected chi connectivity index (χ0v) is 11.8. The first-order valence-electron chi connectivity index (χ1n) is 7.40. The molecule has 19 heavy (non-hydrogen) atoms. The minimum atomic E-state index is -0.129. The van der Waals surface area contributed by atoms with Gasteiger partial charge in [-0.25, -0.2) is 0 Å². The van der Waals surface area contributed by atoms with Gasteiger partial charge in [-0.15, -0.1) is 0 Å². The minimum absolute atomic E-state index is 0.129. The maximum Gasteiger partial charge on any atom is 0.119 e. The smallest absolute Gasteiger partial charge is 0.119 e. The number of benzene rings is 1. The summed E-state index contributed by atoms with van der Waals surface area (Å²) in [5, 5.41) is 9.60. The fourth-order valence-corrected chi connectivity index (χ4v) is 2.57. The van der Waals surface area contributed by atoms with E-state index < -0.39 is 0 Å². The van der Waals surface area contributed by atoms with Gasteiger partial charge in [0.15, 0.2) is 0 Å². The Balaban J connectivity index is 1.66. The van der Waals surface area contributed by atoms with Crippen molar-refractivity contribution in [2.75, 3.05) is 26.2 Å². The molecule has 1 N–H and O–H groups in total. The van der Waals surface area contributed by atoms with Crippen LogP contribution in [0.4, 0.5) is 0 Å². The van der Waals surface area contributed by atoms with E-state index in [0.29, 0.717) is 0 Å². The molecule has 1 saturated heterocycles. The number of piperidine rings is 1. The van der Waals surface area contributed by atoms with Gasteiger partial charge in [0, 0.05) is 13.1 Å². The maximum atomic E-state index is 9.60. The van der Waals surface area contributed by atoms with Crippen molar-refractivity contribution in [2.45, 2.75) is 38.7 Å². The summed E-state index contributed by atoms with van der Waals surface area (Å²) in [5.41, 5.74) is 1.32. The lowest BCUT2D eigenvalue weighted by Crippen LogP contribution is -2.39. The van der Waals surface area contributed by atoms with E-state index in [1.54, 1.807) is 0 Å². The SMILES string of the molecule is CCc1cccc(OCCCN2CCCC(O)C2)c1. The van der Waals surface area contributed by atoms with Gasteiger partial charge < -0.3 is 14.7 Å². The summed E-state index contributed by atoms with van der Waals surface area (Å²) in [6.07, 6.45) is 4.00. The van der Waals surface area contributed by atoms with Crippen LogP contribution in [0.2, 0.25) is 0 Å². The molecule has 0 aliphatic carbocycles. The Morgan fingerprint density at radius 1 is 1.42 bits per heavy atom. The lowest BCUT2D eigenvalue weighted by Gasteiger charge is -2.29. The topological polar surface area (TPSA) is 32.7 Å². The van der Waals surface area contributed by atoms with Gasteiger partial charge in [-0.05, 0) is 49.9 Å². The van der Waals surface area contributed by atoms with Crippen LogP contribution in [0, 0.1) is 0 Å². The monoisotopic (exact) mass is 263 g/mol. The molecular weight excluding hydrogens is 238 g/mol. The molecule has 1 unspecified atom stereocenters. The summed E-state index contributed by atoms with van der Waals surface area (Å²) < 4.78 is 5.78. The quantitative estimate of drug-likeness (QED) is 0.800. The summed E-state index contributed by atoms with van der Waals surface area (Å²) in [6.45, 7) is 5.86. The Morgan fingerprint density at radius 2 is 2.32 bits per heavy atom. The van der Waals surface area contributed by atoms with Crippen LogP contribution < -0.4 is 4.74 Å². The molecule has 0 aromatic heterocycles. The molecule has 1 heterocycles. The van der Waals surface area contributed by atoms with E-state index in [0.717, 1.165) is 57.7 Å². The van der Waals surface area contributed by atoms with Crippen LogP contribution in [0.5, 0.6) is 5.75 Å². The highest BCUT2D eigenvalue weighted by Crippen LogP contribution is 2.14. The highest BCUT2D eigenvalue weighted by atomic mass is 16.5. The first-order valence-corrected chi connectivity index (χ1v) is 7.40. The number of aliphatic hydroxyl groups excluding tert-OH is 1. The normalized spacial score (nSPS) is 20.4. The minimum Gasteiger partial charge on any atom is -0.494 e. The van der Waals surface area contributed by atoms with E-state index in [-0.39, 0.29) is 6.10 Å². The Labute approximate surface area is 116 Å². The van der Waals surface area contributed by atoms with Crippen molar-refractivity contribution in [3.63, 3.8) is 0 Å². The van der Waals surface area contributed by atoms with E-state index >= 15 is 0 Å². The van der Waals surface area contributed by atoms with Crippen LogP contribution in [0.15, 0.2) is 24.3 Å². The number of likely N-dealkylation sites (tertiary alicyclic amines) is 1. The molecule has 1 aromatic carbocycles. The number of aryl methyl sites for hydroxylation is 1. The van der Waals surface area contributed by atoms with Gasteiger partial charge in [0.05, 0.1) is 12.7 Å². The molecule has 0 bridgehead atoms. The van der Waals surface area contributed by atoms with E-state index in [1.165, 1.54) is 5.56 Å². The maximum absolute atomic E-state index is 9.60. The van der Waals surface area contributed by atoms with Gasteiger partial charge in [0.2, 0.25) is 0 Å². The Hall–Kier alpha value is -1.06. The van der Waals surface area contributed by atoms with Crippen molar-refractivity contribution in [1.82, 2.24) is 4.90 Å². The average molecular weight is 263 g/mol. The molecule has 2 rings (SSSR count). The number of hydrogen-bond donors (Lipinski definition) is 1. The van der Waals surface area contributed by atoms with Gasteiger partial charge in [-0.2, -0.15) is 0 Å². The van der Waals surface area contributed by atoms with E-state index in [9.17, 15) is 5.11 Å². The number of hydrogen-bond acceptors (Lipinski definition) is 3. The second-order valence-electron chi connectivity index (χ2n) is 5.30. The van der Waals surface area contributed by atoms with Gasteiger partial charge in [0.1, 0.15) is 5.75 Å². The van der Waals surface area contributed by atoms with Crippen molar-refractivity contribution in [2.24, 2.45) is 0 Å². The summed E-state index contributed by atoms with van der Waals surface area (Å²) in [4.78, 5) is 2.33. The van der Waals surface area contributed by atoms with Crippen molar-refractivity contribution >= 4 is 0 Å². The average Bonchev–Trinajstić information content (AvgIpc) is 2.44. The molecule has 0 radical (unpaired) electrons. The number of aliphatic hydroxyl groups is 1. The van der Waals surface area contributed by atoms with E-state index in [4.69, 9.17) is 4.74 Å². The highest BCUT2D eigenvalue weighted by molar-refractivity contribution is 5.28. The largest absolute Gasteiger partial charge is 0.494 e. The first kappa shape index (κ1) is 14.4. The van der Waals surface area contributed by atoms with Crippen molar-refractivity contribution in [3.05, 3.63) is 29.8 Å². The highest BCUT2D eigenvalue weighted by Gasteiger charge is 2.16. The molecule has 1 fully saturated rings. The molecule has 3 nitrogen and oxygen atoms in total. The van der Waals surface area contributed by atoms with Gasteiger partial charge in [-0.3, -0.25) is 0 Å². The second kappa shape index (κ2) is 7.51. The van der Waals surface area contributed by atoms with Crippen LogP contribution in [-0.2, 0) is 6.42 Å². The Bertz CT molecular complexity index is 381. The summed E-state index contributed by atoms with van der Waals surface area (Å²) in [7, 11) is 0. The molecule has 0 spiro atoms. The summed E-state index contributed by atoms with van der Waals surface area (Å²) >= 11 is 0. The van der Waals surface area contributed by atoms with Gasteiger partial charge in [0.25, 0.3) is 0 Å². The predicted octanol–water partition coefficient (Wildman–Crippen LogP) is 2.47. The fourth-order valence-electron chi connectivity index (χ4n) is 2.57. The fraction of sp³-hybridized carbons (Fsp3) is 0.625. The van der Waals surface area contributed by atoms with E-state index in [1.807, 2.05) is 6.07 Å². The van der Waals surface area contributed by atoms with Crippen LogP contribution >= 0.6 is 0 Å². The number of ether oxygens (including phenoxy) is 1. The van der Waals surface area contributed by atoms with Crippen LogP contribution in [-0.4, -0.2) is 42.4 Å². The second-order valence-corrected chi connectivity index (χ2v) is 5.30. The van der Waals surface area contributed by atoms with Gasteiger partial charge in [-0.1, -0.05) is 19.1 Å². The molecule has 1 aliphatic heterocycles. The van der Waals surface area contributed by atoms with Crippen molar-refractivity contribution in [1.29, 1.82) is 0 Å². The lowest BCUT2D eigenvalue weighted by atomic mass is 10.1. The Kier molecular flexibility index (Phi) is 5.67. The number of nitrogens with zero attached hydrogens (tertiary/aromatic N) is 1. The zero-order chi connectivity index (χ0) is 13.5. The molecule has 3 heteroatoms. The molecule has 1 aromatic rings. The van der Waals surface area contributed by atoms with Gasteiger partial charge >= 0.3 is 0 Å². The number of β-amino-alcohol motifs (C(OH)–C–C–N with tert-alkyl or cyclic N) is 1. The number of rotatable bonds is 6. The lowest BCUT2D eigenvalue weighted by molar-refractivity contribution is 0.0679. The van der Waals surface area contributed by atoms with Crippen molar-refractivity contribution < 1.29 is 9.84 Å². The molecule has 1 atom stereocenters. The first-order chi connectivity index (χ1) is 9.28. The molecule has 0 amide bonds. The summed E-state index contributed by atoms with van der Waals surface area (Å²) in [6, 6.07) is 8.31. The third-order valence-electron chi connectivity index (χ3n) is 3.67. The van der Waals surface area contributed by atoms with E-state index in [2.05, 4.69) is 30.0 Å². The van der Waals surface area contributed by atoms with Crippen molar-refractivity contribution in [3.8, 4) is 5.75 Å². The summed E-state index contributed by atoms with van der Waals surface area (Å²) in [5.74, 6) is 0.970.